The minimum atomic E-state index is -0.501. The third-order valence-corrected chi connectivity index (χ3v) is 45.5. The van der Waals surface area contributed by atoms with Crippen LogP contribution >= 0.6 is 80.6 Å². The summed E-state index contributed by atoms with van der Waals surface area (Å²) in [6.07, 6.45) is 63.4. The van der Waals surface area contributed by atoms with Gasteiger partial charge in [0.15, 0.2) is 23.1 Å². The molecule has 22 rings (SSSR count). The summed E-state index contributed by atoms with van der Waals surface area (Å²) in [4.78, 5) is 12.0. The SMILES string of the molecule is C.C.C1CCOC1.CC=C1CC[C@H]2[C@@H]3C[C@@H](OC)[C@H]4CC(=O)CC[C@@H]4[C@H]3CC[C@]12C.CC=C1CC[C@H]2[C@@H]3C[C@@H](OC)[C@H]4CC(OC)(OC)CC[C@@H]4[C@H]3CC[C@]12C.CC=C1CC[C@H]2[C@@H]3C[C@@H](OC)[C@H]4CC5(CC[C@@H]4[C@H]3CC[C@]12C)CO5.CC=C1CC[C@H]2[C@@H]3C[C@@H](OC)[C@H]4C[C@](C)(O)CC[C@@H]4[C@H]3CC[C@]12C.CO[C@@H]1C[C@@H]2[C@H](CC[C@]3(C)[C@@H](C(C)O)CC[C@@H]23)[C@H]2CC[C@@](C)(O)C[C@@H]21.CPC.ClCCl.[AlH3].[H-].[K].[Li+].[S]=[W].[S]=[W].[S]=[W][I]. The van der Waals surface area contributed by atoms with Gasteiger partial charge in [-0.2, -0.15) is 0 Å². The van der Waals surface area contributed by atoms with Gasteiger partial charge in [-0.3, -0.25) is 4.79 Å². The van der Waals surface area contributed by atoms with E-state index in [1.54, 1.807) is 36.5 Å². The standard InChI is InChI=1S/C23H38O3.C22H38O3.C22H34O2.C22H36O2.C21H32O2.C4H8O.C2H7P.CH2Cl2.2CH4.Al.HI.K.Li.3S.3W.4H/c1-6-15-7-8-20-18-13-21(24-3)19-14-23(25-4,26-5)12-10-17(19)16(18)9-11-22(15,20)2;1-13(23)18-5-6-19-16-11-20(25-4)17-12-21(2,24)9-7-15(17)14(16)8-10-22(18,19)3;1-4-14-5-6-19-17-11-20(23-3)18-12-22(13-24-22)10-8-16(18)15(17)7-9-21(14,19)2;1-5-14-6-7-19-17-12-20(24-4)18-13-21(2,23)10-8-16(18)15(17)9-11-22(14,19)3;1-4-13-5-8-19-17-12-20(23-3)18-11-14(22)6-7-15(18)16(17)9-10-21(13,19)2;1-2-4-5-3-1;1-3-2;2-1-3;;;;;;;;;;;;;;;;/h6,16-21H,7-14H2,1-5H3;13-20,23-24H,5-12H2,1-4H3;4,15-20H,5-13H2,1-3H3;5,15-20,23H,6-13H2,1-4H3;4,15-20H,5-12H2,1-3H3;1-4H2;3H,1-2H3;1H2;2*1H4;;1H;;;;;;;;;;;;/q;;;;;;;;;;;;;+1;;;;;;+1;;;;-1/p-1/t16-,17-,18-,19+,20+,21-,22-;13?,14-,15-,16-,17+,18-,19+,20-,21-,22-;15-,16-,17-,18+,19+,20-,21-,22?;15-,16-,17-,18+,19+,20-,21-,22-;15-,16-,17-,18+,19+,20-,21-;;;;;;;;;;;;;;;;;;;/m11111.................../s1. The van der Waals surface area contributed by atoms with Gasteiger partial charge in [-0.25, -0.2) is 0 Å². The number of aliphatic hydroxyl groups excluding tert-OH is 1. The Bertz CT molecular complexity index is 3980. The molecule has 2 saturated heterocycles. The molecule has 40 atom stereocenters. The number of ether oxygens (including phenoxy) is 9. The van der Waals surface area contributed by atoms with Crippen LogP contribution in [-0.4, -0.2) is 237 Å². The van der Waals surface area contributed by atoms with Gasteiger partial charge in [-0.15, -0.1) is 31.8 Å². The van der Waals surface area contributed by atoms with Crippen molar-refractivity contribution in [3.05, 3.63) is 46.6 Å². The first-order chi connectivity index (χ1) is 67.1. The zero-order chi connectivity index (χ0) is 102. The van der Waals surface area contributed by atoms with Crippen molar-refractivity contribution < 1.29 is 132 Å². The molecule has 2 aliphatic heterocycles. The van der Waals surface area contributed by atoms with Crippen LogP contribution in [0.5, 0.6) is 0 Å². The number of allylic oxidation sites excluding steroid dienone is 8. The maximum absolute atomic E-state index is 12.0. The first kappa shape index (κ1) is 137. The molecule has 0 aromatic heterocycles. The van der Waals surface area contributed by atoms with E-state index in [0.29, 0.717) is 93.0 Å². The Morgan fingerprint density at radius 2 is 0.717 bits per heavy atom. The predicted octanol–water partition coefficient (Wildman–Crippen LogP) is 26.7. The Kier molecular flexibility index (Phi) is 58.1. The van der Waals surface area contributed by atoms with E-state index in [9.17, 15) is 20.1 Å². The molecule has 0 bridgehead atoms. The first-order valence-corrected chi connectivity index (χ1v) is 79.4. The maximum atomic E-state index is 12.0. The summed E-state index contributed by atoms with van der Waals surface area (Å²) < 4.78 is 52.6. The van der Waals surface area contributed by atoms with Gasteiger partial charge in [0, 0.05) is 140 Å². The molecule has 1 radical (unpaired) electrons. The van der Waals surface area contributed by atoms with Gasteiger partial charge in [0.2, 0.25) is 0 Å². The Balaban J connectivity index is 0.000000265. The molecule has 13 nitrogen and oxygen atoms in total. The van der Waals surface area contributed by atoms with Crippen LogP contribution in [0.4, 0.5) is 0 Å². The van der Waals surface area contributed by atoms with Crippen LogP contribution in [0.25, 0.3) is 0 Å². The third kappa shape index (κ3) is 29.5. The van der Waals surface area contributed by atoms with Crippen LogP contribution in [0.2, 0.25) is 0 Å². The van der Waals surface area contributed by atoms with E-state index in [4.69, 9.17) is 65.8 Å². The Labute approximate surface area is 1020 Å². The molecular formula is C119H207AlCl2IKLiO13PS3W3. The molecule has 26 heteroatoms. The Morgan fingerprint density at radius 3 is 1.01 bits per heavy atom. The second-order valence-electron chi connectivity index (χ2n) is 50.6. The number of rotatable bonds is 8. The summed E-state index contributed by atoms with van der Waals surface area (Å²) in [7, 11) is 27.1. The zero-order valence-electron chi connectivity index (χ0n) is 93.8. The van der Waals surface area contributed by atoms with E-state index < -0.39 is 11.2 Å². The van der Waals surface area contributed by atoms with Crippen LogP contribution in [0, 0.1) is 181 Å². The van der Waals surface area contributed by atoms with Crippen LogP contribution in [0.1, 0.15) is 369 Å². The zero-order valence-corrected chi connectivity index (χ0v) is 112. The van der Waals surface area contributed by atoms with Gasteiger partial charge in [-0.05, 0) is 487 Å². The molecule has 2 unspecified atom stereocenters. The average molecular weight is 2800 g/mol. The molecule has 20 saturated carbocycles. The number of carbonyl (C=O) groups excluding carboxylic acids is 1. The molecular weight excluding hydrogens is 2590 g/mol. The summed E-state index contributed by atoms with van der Waals surface area (Å²) in [5.41, 5.74) is 8.43. The molecule has 828 valence electrons. The van der Waals surface area contributed by atoms with Crippen molar-refractivity contribution in [2.45, 2.75) is 427 Å². The third-order valence-electron chi connectivity index (χ3n) is 45.5. The fraction of sp³-hybridized carbons (Fsp3) is 0.924. The van der Waals surface area contributed by atoms with Gasteiger partial charge in [0.25, 0.3) is 0 Å². The molecule has 0 aromatic rings. The second-order valence-corrected chi connectivity index (χ2v) is 62.7. The summed E-state index contributed by atoms with van der Waals surface area (Å²) in [6, 6.07) is 0. The second kappa shape index (κ2) is 61.4. The molecule has 145 heavy (non-hydrogen) atoms. The van der Waals surface area contributed by atoms with Crippen LogP contribution in [0.3, 0.4) is 0 Å². The van der Waals surface area contributed by atoms with E-state index in [2.05, 4.69) is 149 Å². The molecule has 1 spiro atoms. The fourth-order valence-electron chi connectivity index (χ4n) is 39.2. The van der Waals surface area contributed by atoms with Gasteiger partial charge >= 0.3 is 117 Å². The Hall–Kier alpha value is 5.38. The van der Waals surface area contributed by atoms with Gasteiger partial charge in [-0.1, -0.05) is 96.1 Å². The number of carbonyl (C=O) groups is 1. The molecule has 20 aliphatic carbocycles. The van der Waals surface area contributed by atoms with E-state index in [0.717, 1.165) is 210 Å². The monoisotopic (exact) mass is 2790 g/mol. The number of hydrogen-bond acceptors (Lipinski definition) is 16. The van der Waals surface area contributed by atoms with Crippen LogP contribution in [0.15, 0.2) is 46.6 Å². The van der Waals surface area contributed by atoms with Crippen LogP contribution < -0.4 is 18.9 Å². The van der Waals surface area contributed by atoms with Crippen molar-refractivity contribution in [2.24, 2.45) is 181 Å². The van der Waals surface area contributed by atoms with Crippen molar-refractivity contribution in [3.8, 4) is 0 Å². The van der Waals surface area contributed by atoms with Crippen molar-refractivity contribution in [3.63, 3.8) is 0 Å². The number of alkyl halides is 2. The van der Waals surface area contributed by atoms with Crippen molar-refractivity contribution in [1.29, 1.82) is 0 Å². The number of aliphatic hydroxyl groups is 3. The summed E-state index contributed by atoms with van der Waals surface area (Å²) in [6.45, 7) is 35.1. The normalized spacial score (nSPS) is 46.6. The quantitative estimate of drug-likeness (QED) is 0.0400. The molecule has 0 aromatic carbocycles. The molecule has 22 aliphatic rings. The predicted molar refractivity (Wildman–Crippen MR) is 612 cm³/mol. The number of methoxy groups -OCH3 is 7. The van der Waals surface area contributed by atoms with Gasteiger partial charge in [0.1, 0.15) is 5.78 Å². The average Bonchev–Trinajstić information content (AvgIpc) is 1.54. The van der Waals surface area contributed by atoms with Crippen molar-refractivity contribution >= 4 is 155 Å². The topological polar surface area (TPSA) is 164 Å². The first-order valence-electron chi connectivity index (χ1n) is 56.3. The molecule has 0 amide bonds. The molecule has 22 fully saturated rings. The van der Waals surface area contributed by atoms with Crippen LogP contribution in [-0.2, 0) is 96.5 Å². The minimum absolute atomic E-state index is 0. The summed E-state index contributed by atoms with van der Waals surface area (Å²) >= 11 is 13.9. The number of fused-ring (bicyclic) bond motifs is 25. The van der Waals surface area contributed by atoms with E-state index in [1.165, 1.54) is 248 Å². The molecule has 3 N–H and O–H groups in total. The van der Waals surface area contributed by atoms with Crippen molar-refractivity contribution in [1.82, 2.24) is 0 Å². The van der Waals surface area contributed by atoms with Crippen molar-refractivity contribution in [2.75, 3.05) is 88.3 Å². The number of ketones is 1. The van der Waals surface area contributed by atoms with Gasteiger partial charge < -0.3 is 59.4 Å². The van der Waals surface area contributed by atoms with E-state index in [-0.39, 0.29) is 140 Å². The number of hydrogen-bond donors (Lipinski definition) is 3. The summed E-state index contributed by atoms with van der Waals surface area (Å²) in [5.74, 6) is 20.3. The number of Topliss-reactive ketones (excluding diaryl/α,β-unsaturated/α-hetero) is 1. The Morgan fingerprint density at radius 1 is 0.441 bits per heavy atom. The fourth-order valence-corrected chi connectivity index (χ4v) is 39.2. The van der Waals surface area contributed by atoms with Gasteiger partial charge in [0.05, 0.1) is 65.4 Å². The number of epoxide rings is 1. The molecule has 2 heterocycles. The van der Waals surface area contributed by atoms with E-state index in [1.807, 2.05) is 56.3 Å². The summed E-state index contributed by atoms with van der Waals surface area (Å²) in [5, 5.41) is 31.8. The number of halogens is 3. The van der Waals surface area contributed by atoms with E-state index >= 15 is 0 Å².